The van der Waals surface area contributed by atoms with Gasteiger partial charge in [-0.3, -0.25) is 14.5 Å². The maximum Gasteiger partial charge on any atom is 0.263 e. The van der Waals surface area contributed by atoms with Crippen molar-refractivity contribution in [2.75, 3.05) is 5.32 Å². The van der Waals surface area contributed by atoms with Crippen LogP contribution in [0.15, 0.2) is 62.9 Å². The summed E-state index contributed by atoms with van der Waals surface area (Å²) >= 11 is 3.34. The Morgan fingerprint density at radius 2 is 1.96 bits per heavy atom. The molecule has 1 heterocycles. The molecule has 2 N–H and O–H groups in total. The first-order valence-electron chi connectivity index (χ1n) is 7.13. The summed E-state index contributed by atoms with van der Waals surface area (Å²) in [6, 6.07) is 13.0. The first-order valence-corrected chi connectivity index (χ1v) is 9.41. The number of benzene rings is 2. The van der Waals surface area contributed by atoms with Crippen molar-refractivity contribution < 1.29 is 13.2 Å². The number of carbonyl (C=O) groups is 1. The Morgan fingerprint density at radius 3 is 2.71 bits per heavy atom. The summed E-state index contributed by atoms with van der Waals surface area (Å²) in [6.45, 7) is 1.61. The summed E-state index contributed by atoms with van der Waals surface area (Å²) in [7, 11) is -3.61. The molecule has 0 saturated heterocycles. The van der Waals surface area contributed by atoms with Crippen molar-refractivity contribution in [1.29, 1.82) is 0 Å². The Hall–Kier alpha value is -2.19. The largest absolute Gasteiger partial charge is 0.324 e. The van der Waals surface area contributed by atoms with E-state index in [4.69, 9.17) is 0 Å². The fourth-order valence-corrected chi connectivity index (χ4v) is 3.93. The molecule has 24 heavy (non-hydrogen) atoms. The number of sulfonamides is 1. The molecule has 0 unspecified atom stereocenters. The van der Waals surface area contributed by atoms with E-state index in [1.165, 1.54) is 6.07 Å². The maximum atomic E-state index is 12.3. The molecule has 0 radical (unpaired) electrons. The zero-order chi connectivity index (χ0) is 17.3. The number of anilines is 1. The summed E-state index contributed by atoms with van der Waals surface area (Å²) in [5, 5.41) is 2.75. The second-order valence-electron chi connectivity index (χ2n) is 5.25. The number of nitrogens with one attached hydrogen (secondary N) is 2. The third-order valence-corrected chi connectivity index (χ3v) is 5.35. The Balaban J connectivity index is 1.83. The van der Waals surface area contributed by atoms with Crippen LogP contribution in [0, 0.1) is 0 Å². The lowest BCUT2D eigenvalue weighted by Gasteiger charge is -2.10. The molecule has 3 rings (SSSR count). The van der Waals surface area contributed by atoms with Crippen LogP contribution in [0.4, 0.5) is 5.69 Å². The minimum Gasteiger partial charge on any atom is -0.324 e. The van der Waals surface area contributed by atoms with Gasteiger partial charge in [0.15, 0.2) is 0 Å². The van der Waals surface area contributed by atoms with Crippen LogP contribution >= 0.6 is 15.9 Å². The highest BCUT2D eigenvalue weighted by Gasteiger charge is 2.31. The third kappa shape index (κ3) is 3.34. The number of hydrogen-bond acceptors (Lipinski definition) is 4. The number of nitrogens with zero attached hydrogens (tertiary/aromatic N) is 1. The Labute approximate surface area is 148 Å². The first kappa shape index (κ1) is 16.7. The van der Waals surface area contributed by atoms with Gasteiger partial charge < -0.3 is 5.32 Å². The molecule has 2 aromatic carbocycles. The van der Waals surface area contributed by atoms with Crippen molar-refractivity contribution >= 4 is 43.4 Å². The minimum absolute atomic E-state index is 0.170. The van der Waals surface area contributed by atoms with Crippen molar-refractivity contribution in [3.8, 4) is 0 Å². The van der Waals surface area contributed by atoms with Crippen LogP contribution in [0.2, 0.25) is 0 Å². The van der Waals surface area contributed by atoms with E-state index in [0.29, 0.717) is 11.3 Å². The smallest absolute Gasteiger partial charge is 0.263 e. The van der Waals surface area contributed by atoms with Gasteiger partial charge in [-0.1, -0.05) is 34.1 Å². The Kier molecular flexibility index (Phi) is 4.42. The van der Waals surface area contributed by atoms with Crippen molar-refractivity contribution in [1.82, 2.24) is 4.72 Å². The molecule has 0 aliphatic carbocycles. The zero-order valence-electron chi connectivity index (χ0n) is 12.7. The van der Waals surface area contributed by atoms with E-state index >= 15 is 0 Å². The molecular weight excluding hydrogens is 394 g/mol. The minimum atomic E-state index is -3.61. The van der Waals surface area contributed by atoms with Crippen LogP contribution in [0.25, 0.3) is 0 Å². The second kappa shape index (κ2) is 6.37. The number of carbonyl (C=O) groups excluding carboxylic acids is 1. The molecule has 1 amide bonds. The molecule has 0 fully saturated rings. The van der Waals surface area contributed by atoms with E-state index in [2.05, 4.69) is 31.0 Å². The molecule has 8 heteroatoms. The normalized spacial score (nSPS) is 17.8. The van der Waals surface area contributed by atoms with Gasteiger partial charge in [-0.25, -0.2) is 8.42 Å². The fourth-order valence-electron chi connectivity index (χ4n) is 2.29. The van der Waals surface area contributed by atoms with Crippen LogP contribution in [0.3, 0.4) is 0 Å². The highest BCUT2D eigenvalue weighted by atomic mass is 79.9. The highest BCUT2D eigenvalue weighted by Crippen LogP contribution is 2.23. The molecule has 124 valence electrons. The summed E-state index contributed by atoms with van der Waals surface area (Å²) in [6.07, 6.45) is 0. The van der Waals surface area contributed by atoms with E-state index in [-0.39, 0.29) is 16.6 Å². The molecule has 1 aliphatic heterocycles. The van der Waals surface area contributed by atoms with E-state index in [1.54, 1.807) is 43.3 Å². The van der Waals surface area contributed by atoms with Crippen molar-refractivity contribution in [2.24, 2.45) is 4.99 Å². The Bertz CT molecular complexity index is 941. The number of fused-ring (bicyclic) bond motifs is 1. The van der Waals surface area contributed by atoms with Gasteiger partial charge in [0.25, 0.3) is 10.0 Å². The molecule has 0 aromatic heterocycles. The molecule has 0 saturated carbocycles. The van der Waals surface area contributed by atoms with Crippen LogP contribution in [-0.2, 0) is 14.8 Å². The predicted molar refractivity (Wildman–Crippen MR) is 95.5 cm³/mol. The standard InChI is InChI=1S/C16H14BrN3O3S/c1-10(16(21)19-12-6-4-5-11(17)9-12)18-15-13-7-2-3-8-14(13)24(22,23)20-15/h2-10H,1H3,(H,18,20)(H,19,21)/t10-/m0/s1. The molecule has 1 aliphatic rings. The summed E-state index contributed by atoms with van der Waals surface area (Å²) in [4.78, 5) is 16.7. The van der Waals surface area contributed by atoms with Gasteiger partial charge in [0.2, 0.25) is 5.91 Å². The molecule has 0 spiro atoms. The van der Waals surface area contributed by atoms with Crippen LogP contribution in [0.1, 0.15) is 12.5 Å². The van der Waals surface area contributed by atoms with Crippen molar-refractivity contribution in [3.63, 3.8) is 0 Å². The summed E-state index contributed by atoms with van der Waals surface area (Å²) < 4.78 is 27.3. The number of hydrogen-bond donors (Lipinski definition) is 2. The number of halogens is 1. The topological polar surface area (TPSA) is 87.6 Å². The fraction of sp³-hybridized carbons (Fsp3) is 0.125. The van der Waals surface area contributed by atoms with E-state index < -0.39 is 16.1 Å². The third-order valence-electron chi connectivity index (χ3n) is 3.46. The molecule has 2 aromatic rings. The SMILES string of the molecule is C[C@H](N=C1NS(=O)(=O)c2ccccc21)C(=O)Nc1cccc(Br)c1. The quantitative estimate of drug-likeness (QED) is 0.818. The highest BCUT2D eigenvalue weighted by molar-refractivity contribution is 9.10. The average molecular weight is 408 g/mol. The first-order chi connectivity index (χ1) is 11.4. The van der Waals surface area contributed by atoms with E-state index in [0.717, 1.165) is 4.47 Å². The van der Waals surface area contributed by atoms with E-state index in [9.17, 15) is 13.2 Å². The Morgan fingerprint density at radius 1 is 1.21 bits per heavy atom. The lowest BCUT2D eigenvalue weighted by molar-refractivity contribution is -0.117. The van der Waals surface area contributed by atoms with Gasteiger partial charge >= 0.3 is 0 Å². The van der Waals surface area contributed by atoms with Gasteiger partial charge in [-0.2, -0.15) is 0 Å². The molecule has 1 atom stereocenters. The number of amides is 1. The number of rotatable bonds is 3. The van der Waals surface area contributed by atoms with Gasteiger partial charge in [-0.05, 0) is 37.3 Å². The van der Waals surface area contributed by atoms with Crippen LogP contribution < -0.4 is 10.0 Å². The molecular formula is C16H14BrN3O3S. The summed E-state index contributed by atoms with van der Waals surface area (Å²) in [5.41, 5.74) is 1.11. The molecule has 6 nitrogen and oxygen atoms in total. The van der Waals surface area contributed by atoms with Gasteiger partial charge in [0.05, 0.1) is 4.90 Å². The molecule has 0 bridgehead atoms. The summed E-state index contributed by atoms with van der Waals surface area (Å²) in [5.74, 6) is -0.147. The maximum absolute atomic E-state index is 12.3. The number of amidine groups is 1. The van der Waals surface area contributed by atoms with Crippen LogP contribution in [-0.4, -0.2) is 26.2 Å². The van der Waals surface area contributed by atoms with Crippen molar-refractivity contribution in [2.45, 2.75) is 17.9 Å². The number of aliphatic imine (C=N–C) groups is 1. The lowest BCUT2D eigenvalue weighted by atomic mass is 10.2. The average Bonchev–Trinajstić information content (AvgIpc) is 2.78. The van der Waals surface area contributed by atoms with Gasteiger partial charge in [-0.15, -0.1) is 0 Å². The monoisotopic (exact) mass is 407 g/mol. The van der Waals surface area contributed by atoms with Gasteiger partial charge in [0, 0.05) is 15.7 Å². The van der Waals surface area contributed by atoms with Crippen LogP contribution in [0.5, 0.6) is 0 Å². The lowest BCUT2D eigenvalue weighted by Crippen LogP contribution is -2.28. The van der Waals surface area contributed by atoms with Gasteiger partial charge in [0.1, 0.15) is 11.9 Å². The van der Waals surface area contributed by atoms with Crippen molar-refractivity contribution in [3.05, 3.63) is 58.6 Å². The predicted octanol–water partition coefficient (Wildman–Crippen LogP) is 2.51. The second-order valence-corrected chi connectivity index (χ2v) is 7.82. The zero-order valence-corrected chi connectivity index (χ0v) is 15.1. The van der Waals surface area contributed by atoms with E-state index in [1.807, 2.05) is 6.07 Å².